The Labute approximate surface area is 93.9 Å². The number of aliphatic carboxylic acids is 1. The normalized spacial score (nSPS) is 33.3. The summed E-state index contributed by atoms with van der Waals surface area (Å²) in [5, 5.41) is 8.99. The monoisotopic (exact) mass is 224 g/mol. The Hall–Kier alpha value is -1.36. The van der Waals surface area contributed by atoms with Crippen LogP contribution in [0.3, 0.4) is 0 Å². The van der Waals surface area contributed by atoms with Crippen molar-refractivity contribution >= 4 is 11.9 Å². The highest BCUT2D eigenvalue weighted by atomic mass is 16.4. The van der Waals surface area contributed by atoms with Crippen LogP contribution in [0.15, 0.2) is 12.2 Å². The minimum atomic E-state index is -0.905. The number of carboxylic acid groups (broad SMARTS) is 1. The molecule has 3 unspecified atom stereocenters. The lowest BCUT2D eigenvalue weighted by atomic mass is 10.1. The van der Waals surface area contributed by atoms with Crippen LogP contribution in [-0.4, -0.2) is 40.5 Å². The maximum Gasteiger partial charge on any atom is 0.326 e. The summed E-state index contributed by atoms with van der Waals surface area (Å²) in [4.78, 5) is 24.5. The van der Waals surface area contributed by atoms with Crippen LogP contribution in [0, 0.1) is 5.92 Å². The summed E-state index contributed by atoms with van der Waals surface area (Å²) in [5.41, 5.74) is 5.68. The lowest BCUT2D eigenvalue weighted by Gasteiger charge is -2.24. The van der Waals surface area contributed by atoms with Gasteiger partial charge in [-0.25, -0.2) is 4.79 Å². The molecule has 16 heavy (non-hydrogen) atoms. The molecule has 0 spiro atoms. The number of hydrogen-bond donors (Lipinski definition) is 2. The second-order valence-corrected chi connectivity index (χ2v) is 4.42. The number of carbonyl (C=O) groups excluding carboxylic acids is 1. The van der Waals surface area contributed by atoms with Crippen LogP contribution in [0.1, 0.15) is 19.3 Å². The van der Waals surface area contributed by atoms with Crippen molar-refractivity contribution in [3.8, 4) is 0 Å². The van der Waals surface area contributed by atoms with Gasteiger partial charge in [0.1, 0.15) is 6.04 Å². The first kappa shape index (κ1) is 11.1. The molecule has 1 heterocycles. The molecule has 0 aromatic heterocycles. The largest absolute Gasteiger partial charge is 0.480 e. The van der Waals surface area contributed by atoms with E-state index in [0.29, 0.717) is 19.4 Å². The van der Waals surface area contributed by atoms with Gasteiger partial charge in [0.15, 0.2) is 0 Å². The van der Waals surface area contributed by atoms with E-state index in [1.165, 1.54) is 4.90 Å². The topological polar surface area (TPSA) is 83.6 Å². The Morgan fingerprint density at radius 2 is 2.12 bits per heavy atom. The number of carbonyl (C=O) groups is 2. The Kier molecular flexibility index (Phi) is 2.96. The summed E-state index contributed by atoms with van der Waals surface area (Å²) in [6.07, 6.45) is 5.54. The lowest BCUT2D eigenvalue weighted by Crippen LogP contribution is -2.43. The van der Waals surface area contributed by atoms with Gasteiger partial charge in [0.2, 0.25) is 5.91 Å². The summed E-state index contributed by atoms with van der Waals surface area (Å²) in [6.45, 7) is 0.551. The van der Waals surface area contributed by atoms with E-state index < -0.39 is 12.0 Å². The second-order valence-electron chi connectivity index (χ2n) is 4.42. The molecule has 2 aliphatic rings. The zero-order chi connectivity index (χ0) is 11.7. The van der Waals surface area contributed by atoms with Crippen molar-refractivity contribution in [2.75, 3.05) is 6.54 Å². The predicted molar refractivity (Wildman–Crippen MR) is 57.6 cm³/mol. The first-order valence-corrected chi connectivity index (χ1v) is 5.57. The molecule has 0 saturated carbocycles. The van der Waals surface area contributed by atoms with Gasteiger partial charge in [0.05, 0.1) is 5.92 Å². The van der Waals surface area contributed by atoms with Crippen molar-refractivity contribution in [1.29, 1.82) is 0 Å². The quantitative estimate of drug-likeness (QED) is 0.645. The molecule has 0 aromatic rings. The maximum absolute atomic E-state index is 12.1. The summed E-state index contributed by atoms with van der Waals surface area (Å²) in [5.74, 6) is -1.22. The van der Waals surface area contributed by atoms with E-state index in [0.717, 1.165) is 6.42 Å². The highest BCUT2D eigenvalue weighted by molar-refractivity contribution is 5.87. The minimum Gasteiger partial charge on any atom is -0.480 e. The molecule has 88 valence electrons. The smallest absolute Gasteiger partial charge is 0.326 e. The molecule has 0 bridgehead atoms. The molecule has 1 amide bonds. The summed E-state index contributed by atoms with van der Waals surface area (Å²) >= 11 is 0. The summed E-state index contributed by atoms with van der Waals surface area (Å²) in [6, 6.07) is -0.711. The van der Waals surface area contributed by atoms with Crippen molar-refractivity contribution in [2.45, 2.75) is 31.3 Å². The number of likely N-dealkylation sites (tertiary alicyclic amines) is 1. The van der Waals surface area contributed by atoms with Crippen LogP contribution < -0.4 is 5.73 Å². The molecule has 3 atom stereocenters. The molecule has 0 aromatic carbocycles. The standard InChI is InChI=1S/C11H16N2O3/c12-8-4-3-7(6-8)10(14)13-5-1-2-9(13)11(15)16/h3-4,7-9H,1-2,5-6,12H2,(H,15,16). The van der Waals surface area contributed by atoms with Gasteiger partial charge in [-0.1, -0.05) is 12.2 Å². The molecular formula is C11H16N2O3. The molecule has 1 fully saturated rings. The second kappa shape index (κ2) is 4.25. The van der Waals surface area contributed by atoms with E-state index in [2.05, 4.69) is 0 Å². The Morgan fingerprint density at radius 3 is 2.69 bits per heavy atom. The molecule has 1 aliphatic carbocycles. The third kappa shape index (κ3) is 1.95. The van der Waals surface area contributed by atoms with Gasteiger partial charge in [-0.2, -0.15) is 0 Å². The number of rotatable bonds is 2. The third-order valence-corrected chi connectivity index (χ3v) is 3.25. The fraction of sp³-hybridized carbons (Fsp3) is 0.636. The lowest BCUT2D eigenvalue weighted by molar-refractivity contribution is -0.149. The van der Waals surface area contributed by atoms with Crippen LogP contribution in [0.2, 0.25) is 0 Å². The predicted octanol–water partition coefficient (Wildman–Crippen LogP) is -0.0346. The van der Waals surface area contributed by atoms with Gasteiger partial charge < -0.3 is 15.7 Å². The van der Waals surface area contributed by atoms with Gasteiger partial charge in [0.25, 0.3) is 0 Å². The first-order chi connectivity index (χ1) is 7.59. The fourth-order valence-corrected chi connectivity index (χ4v) is 2.41. The number of nitrogens with two attached hydrogens (primary N) is 1. The van der Waals surface area contributed by atoms with Gasteiger partial charge in [0, 0.05) is 12.6 Å². The Balaban J connectivity index is 2.04. The zero-order valence-corrected chi connectivity index (χ0v) is 9.00. The van der Waals surface area contributed by atoms with Crippen LogP contribution >= 0.6 is 0 Å². The zero-order valence-electron chi connectivity index (χ0n) is 9.00. The van der Waals surface area contributed by atoms with E-state index in [1.807, 2.05) is 6.08 Å². The number of carboxylic acids is 1. The molecule has 5 heteroatoms. The fourth-order valence-electron chi connectivity index (χ4n) is 2.41. The molecule has 1 aliphatic heterocycles. The van der Waals surface area contributed by atoms with Crippen LogP contribution in [0.5, 0.6) is 0 Å². The number of nitrogens with zero attached hydrogens (tertiary/aromatic N) is 1. The highest BCUT2D eigenvalue weighted by Crippen LogP contribution is 2.25. The molecule has 3 N–H and O–H groups in total. The SMILES string of the molecule is NC1C=CC(C(=O)N2CCCC2C(=O)O)C1. The molecule has 5 nitrogen and oxygen atoms in total. The van der Waals surface area contributed by atoms with Gasteiger partial charge >= 0.3 is 5.97 Å². The Morgan fingerprint density at radius 1 is 1.38 bits per heavy atom. The van der Waals surface area contributed by atoms with Crippen LogP contribution in [-0.2, 0) is 9.59 Å². The molecule has 1 saturated heterocycles. The van der Waals surface area contributed by atoms with E-state index in [1.54, 1.807) is 6.08 Å². The van der Waals surface area contributed by atoms with Gasteiger partial charge in [-0.3, -0.25) is 4.79 Å². The van der Waals surface area contributed by atoms with E-state index in [9.17, 15) is 9.59 Å². The van der Waals surface area contributed by atoms with Crippen LogP contribution in [0.4, 0.5) is 0 Å². The number of amides is 1. The minimum absolute atomic E-state index is 0.0696. The molecule has 2 rings (SSSR count). The highest BCUT2D eigenvalue weighted by Gasteiger charge is 2.37. The summed E-state index contributed by atoms with van der Waals surface area (Å²) in [7, 11) is 0. The average molecular weight is 224 g/mol. The van der Waals surface area contributed by atoms with E-state index in [4.69, 9.17) is 10.8 Å². The van der Waals surface area contributed by atoms with Gasteiger partial charge in [-0.05, 0) is 19.3 Å². The molecule has 0 radical (unpaired) electrons. The average Bonchev–Trinajstić information content (AvgIpc) is 2.84. The van der Waals surface area contributed by atoms with Gasteiger partial charge in [-0.15, -0.1) is 0 Å². The molecular weight excluding hydrogens is 208 g/mol. The van der Waals surface area contributed by atoms with Crippen molar-refractivity contribution in [2.24, 2.45) is 11.7 Å². The first-order valence-electron chi connectivity index (χ1n) is 5.57. The van der Waals surface area contributed by atoms with Crippen molar-refractivity contribution in [3.63, 3.8) is 0 Å². The van der Waals surface area contributed by atoms with Crippen molar-refractivity contribution in [3.05, 3.63) is 12.2 Å². The number of hydrogen-bond acceptors (Lipinski definition) is 3. The third-order valence-electron chi connectivity index (χ3n) is 3.25. The maximum atomic E-state index is 12.1. The van der Waals surface area contributed by atoms with Crippen molar-refractivity contribution < 1.29 is 14.7 Å². The Bertz CT molecular complexity index is 340. The van der Waals surface area contributed by atoms with Crippen molar-refractivity contribution in [1.82, 2.24) is 4.90 Å². The van der Waals surface area contributed by atoms with E-state index in [-0.39, 0.29) is 17.9 Å². The summed E-state index contributed by atoms with van der Waals surface area (Å²) < 4.78 is 0. The van der Waals surface area contributed by atoms with E-state index >= 15 is 0 Å². The van der Waals surface area contributed by atoms with Crippen LogP contribution in [0.25, 0.3) is 0 Å².